The van der Waals surface area contributed by atoms with Crippen LogP contribution in [0.2, 0.25) is 0 Å². The quantitative estimate of drug-likeness (QED) is 0.347. The molecule has 4 nitrogen and oxygen atoms in total. The smallest absolute Gasteiger partial charge is 0.166 e. The number of carbonyl (C=O) groups is 1. The molecule has 2 aliphatic rings. The van der Waals surface area contributed by atoms with Crippen molar-refractivity contribution in [2.45, 2.75) is 112 Å². The normalized spacial score (nSPS) is 29.8. The van der Waals surface area contributed by atoms with Gasteiger partial charge in [0.25, 0.3) is 0 Å². The Kier molecular flexibility index (Phi) is 6.32. The van der Waals surface area contributed by atoms with E-state index in [9.17, 15) is 4.79 Å². The Hall–Kier alpha value is -2.33. The highest BCUT2D eigenvalue weighted by Crippen LogP contribution is 2.57. The van der Waals surface area contributed by atoms with Gasteiger partial charge in [-0.1, -0.05) is 57.9 Å². The van der Waals surface area contributed by atoms with E-state index in [0.29, 0.717) is 23.6 Å². The summed E-state index contributed by atoms with van der Waals surface area (Å²) >= 11 is 0. The first-order chi connectivity index (χ1) is 19.8. The molecule has 0 N–H and O–H groups in total. The van der Waals surface area contributed by atoms with Crippen LogP contribution in [0.25, 0.3) is 0 Å². The molecule has 5 atom stereocenters. The summed E-state index contributed by atoms with van der Waals surface area (Å²) in [4.78, 5) is 16.3. The molecule has 1 heterocycles. The van der Waals surface area contributed by atoms with Gasteiger partial charge in [-0.2, -0.15) is 0 Å². The van der Waals surface area contributed by atoms with Crippen molar-refractivity contribution < 1.29 is 21.1 Å². The molecule has 4 rings (SSSR count). The van der Waals surface area contributed by atoms with E-state index in [1.54, 1.807) is 0 Å². The Morgan fingerprint density at radius 1 is 0.974 bits per heavy atom. The SMILES string of the molecule is [2H]c1c([2H])c([2H])c(C(C)N2CCC(C)(CC3C(=O)c4cc(OC(C)C)c(OC(C)C)cc4C3C)C(C)(C)C2C)c([2H])c1[2H]. The fraction of sp³-hybridized carbons (Fsp3) is 0.618. The maximum absolute atomic E-state index is 14.0. The topological polar surface area (TPSA) is 38.8 Å². The Morgan fingerprint density at radius 2 is 1.55 bits per heavy atom. The highest BCUT2D eigenvalue weighted by Gasteiger charge is 2.53. The summed E-state index contributed by atoms with van der Waals surface area (Å²) in [5.74, 6) is 1.32. The highest BCUT2D eigenvalue weighted by atomic mass is 16.5. The number of likely N-dealkylation sites (tertiary alicyclic amines) is 1. The molecule has 208 valence electrons. The van der Waals surface area contributed by atoms with Gasteiger partial charge < -0.3 is 9.47 Å². The Labute approximate surface area is 238 Å². The first-order valence-corrected chi connectivity index (χ1v) is 14.2. The molecule has 0 saturated carbocycles. The van der Waals surface area contributed by atoms with Crippen LogP contribution >= 0.6 is 0 Å². The zero-order chi connectivity index (χ0) is 32.3. The van der Waals surface area contributed by atoms with Gasteiger partial charge in [-0.05, 0) is 101 Å². The second-order valence-electron chi connectivity index (χ2n) is 12.8. The van der Waals surface area contributed by atoms with Gasteiger partial charge in [0.2, 0.25) is 0 Å². The molecule has 0 bridgehead atoms. The standard InChI is InChI=1S/C34H49NO3/c1-21(2)37-30-18-27-23(5)29(32(36)28(27)19-31(30)38-22(3)4)20-34(10)16-17-35(25(7)33(34,8)9)24(6)26-14-12-11-13-15-26/h11-15,18-19,21-25,29H,16-17,20H2,1-10H3/i11D,12D,13D,14D,15D. The molecule has 1 aliphatic heterocycles. The molecule has 4 heteroatoms. The zero-order valence-corrected chi connectivity index (χ0v) is 24.9. The van der Waals surface area contributed by atoms with Gasteiger partial charge in [0, 0.05) is 23.6 Å². The number of benzene rings is 2. The van der Waals surface area contributed by atoms with Crippen LogP contribution in [0.15, 0.2) is 42.3 Å². The maximum Gasteiger partial charge on any atom is 0.166 e. The molecule has 5 unspecified atom stereocenters. The summed E-state index contributed by atoms with van der Waals surface area (Å²) in [6.07, 6.45) is 1.49. The lowest BCUT2D eigenvalue weighted by atomic mass is 9.55. The molecule has 0 aromatic heterocycles. The number of ether oxygens (including phenoxy) is 2. The molecule has 1 fully saturated rings. The second kappa shape index (κ2) is 10.7. The van der Waals surface area contributed by atoms with Crippen molar-refractivity contribution >= 4 is 5.78 Å². The third-order valence-electron chi connectivity index (χ3n) is 9.66. The summed E-state index contributed by atoms with van der Waals surface area (Å²) in [7, 11) is 0. The first-order valence-electron chi connectivity index (χ1n) is 16.7. The molecule has 1 saturated heterocycles. The Balaban J connectivity index is 1.63. The van der Waals surface area contributed by atoms with E-state index in [4.69, 9.17) is 16.3 Å². The van der Waals surface area contributed by atoms with Gasteiger partial charge in [-0.3, -0.25) is 9.69 Å². The average molecular weight is 525 g/mol. The van der Waals surface area contributed by atoms with Crippen LogP contribution in [0, 0.1) is 16.7 Å². The maximum atomic E-state index is 14.0. The fourth-order valence-electron chi connectivity index (χ4n) is 6.60. The van der Waals surface area contributed by atoms with E-state index in [1.807, 2.05) is 46.8 Å². The fourth-order valence-corrected chi connectivity index (χ4v) is 6.60. The molecule has 0 radical (unpaired) electrons. The van der Waals surface area contributed by atoms with Crippen LogP contribution in [0.4, 0.5) is 0 Å². The number of hydrogen-bond acceptors (Lipinski definition) is 4. The molecule has 2 aromatic rings. The molecular formula is C34H49NO3. The highest BCUT2D eigenvalue weighted by molar-refractivity contribution is 6.03. The van der Waals surface area contributed by atoms with Crippen molar-refractivity contribution in [3.05, 3.63) is 59.0 Å². The van der Waals surface area contributed by atoms with Gasteiger partial charge >= 0.3 is 0 Å². The minimum absolute atomic E-state index is 0.0212. The van der Waals surface area contributed by atoms with Gasteiger partial charge in [-0.25, -0.2) is 0 Å². The predicted octanol–water partition coefficient (Wildman–Crippen LogP) is 8.46. The third kappa shape index (κ3) is 5.13. The summed E-state index contributed by atoms with van der Waals surface area (Å²) in [6, 6.07) is 2.33. The monoisotopic (exact) mass is 524 g/mol. The number of fused-ring (bicyclic) bond motifs is 1. The van der Waals surface area contributed by atoms with Gasteiger partial charge in [0.05, 0.1) is 19.1 Å². The summed E-state index contributed by atoms with van der Waals surface area (Å²) < 4.78 is 53.6. The molecule has 0 amide bonds. The Morgan fingerprint density at radius 3 is 2.13 bits per heavy atom. The number of hydrogen-bond donors (Lipinski definition) is 0. The van der Waals surface area contributed by atoms with Crippen molar-refractivity contribution in [1.29, 1.82) is 0 Å². The van der Waals surface area contributed by atoms with E-state index >= 15 is 0 Å². The number of piperidine rings is 1. The van der Waals surface area contributed by atoms with Crippen molar-refractivity contribution in [2.24, 2.45) is 16.7 Å². The number of rotatable bonds is 8. The minimum Gasteiger partial charge on any atom is -0.487 e. The summed E-state index contributed by atoms with van der Waals surface area (Å²) in [6.45, 7) is 21.6. The number of Topliss-reactive ketones (excluding diaryl/α,β-unsaturated/α-hetero) is 1. The number of carbonyl (C=O) groups excluding carboxylic acids is 1. The van der Waals surface area contributed by atoms with Gasteiger partial charge in [0.15, 0.2) is 17.3 Å². The molecule has 0 spiro atoms. The van der Waals surface area contributed by atoms with Crippen molar-refractivity contribution in [1.82, 2.24) is 4.90 Å². The first kappa shape index (κ1) is 22.5. The molecule has 2 aromatic carbocycles. The molecule has 1 aliphatic carbocycles. The van der Waals surface area contributed by atoms with E-state index < -0.39 is 0 Å². The van der Waals surface area contributed by atoms with Crippen molar-refractivity contribution in [3.63, 3.8) is 0 Å². The van der Waals surface area contributed by atoms with Crippen molar-refractivity contribution in [3.8, 4) is 11.5 Å². The van der Waals surface area contributed by atoms with E-state index in [-0.39, 0.29) is 83.0 Å². The lowest BCUT2D eigenvalue weighted by molar-refractivity contribution is -0.0884. The van der Waals surface area contributed by atoms with Crippen LogP contribution < -0.4 is 9.47 Å². The molecule has 38 heavy (non-hydrogen) atoms. The summed E-state index contributed by atoms with van der Waals surface area (Å²) in [5.41, 5.74) is 1.67. The largest absolute Gasteiger partial charge is 0.487 e. The number of ketones is 1. The van der Waals surface area contributed by atoms with Crippen LogP contribution in [-0.4, -0.2) is 35.5 Å². The average Bonchev–Trinajstić information content (AvgIpc) is 3.13. The minimum atomic E-state index is -0.368. The van der Waals surface area contributed by atoms with Crippen LogP contribution in [-0.2, 0) is 0 Å². The van der Waals surface area contributed by atoms with E-state index in [2.05, 4.69) is 39.5 Å². The van der Waals surface area contributed by atoms with Crippen LogP contribution in [0.1, 0.15) is 122 Å². The van der Waals surface area contributed by atoms with Crippen LogP contribution in [0.3, 0.4) is 0 Å². The molecular weight excluding hydrogens is 470 g/mol. The third-order valence-corrected chi connectivity index (χ3v) is 9.66. The van der Waals surface area contributed by atoms with Gasteiger partial charge in [-0.15, -0.1) is 0 Å². The van der Waals surface area contributed by atoms with E-state index in [1.165, 1.54) is 0 Å². The van der Waals surface area contributed by atoms with E-state index in [0.717, 1.165) is 24.0 Å². The zero-order valence-electron chi connectivity index (χ0n) is 29.9. The van der Waals surface area contributed by atoms with Gasteiger partial charge in [0.1, 0.15) is 0 Å². The predicted molar refractivity (Wildman–Crippen MR) is 156 cm³/mol. The Bertz CT molecular complexity index is 1380. The summed E-state index contributed by atoms with van der Waals surface area (Å²) in [5, 5.41) is 0. The second-order valence-corrected chi connectivity index (χ2v) is 12.8. The van der Waals surface area contributed by atoms with Crippen molar-refractivity contribution in [2.75, 3.05) is 6.54 Å². The number of nitrogens with zero attached hydrogens (tertiary/aromatic N) is 1. The van der Waals surface area contributed by atoms with Crippen LogP contribution in [0.5, 0.6) is 11.5 Å². The lowest BCUT2D eigenvalue weighted by Crippen LogP contribution is -2.58. The lowest BCUT2D eigenvalue weighted by Gasteiger charge is -2.58.